The third kappa shape index (κ3) is 3.49. The van der Waals surface area contributed by atoms with Crippen LogP contribution in [-0.4, -0.2) is 24.8 Å². The topological polar surface area (TPSA) is 20.3 Å². The highest BCUT2D eigenvalue weighted by Crippen LogP contribution is 2.07. The molecule has 0 spiro atoms. The monoisotopic (exact) mass is 301 g/mol. The summed E-state index contributed by atoms with van der Waals surface area (Å²) in [6.07, 6.45) is 3.32. The van der Waals surface area contributed by atoms with Gasteiger partial charge in [0.25, 0.3) is 0 Å². The maximum atomic E-state index is 11.5. The van der Waals surface area contributed by atoms with Crippen molar-refractivity contribution >= 4 is 28.4 Å². The predicted octanol–water partition coefficient (Wildman–Crippen LogP) is 2.55. The summed E-state index contributed by atoms with van der Waals surface area (Å²) in [5, 5.41) is 0. The fourth-order valence-corrected chi connectivity index (χ4v) is 1.29. The fourth-order valence-electron chi connectivity index (χ4n) is 0.927. The van der Waals surface area contributed by atoms with E-state index in [1.807, 2.05) is 43.3 Å². The summed E-state index contributed by atoms with van der Waals surface area (Å²) in [5.74, 6) is 0.0371. The Hall–Kier alpha value is -0.840. The van der Waals surface area contributed by atoms with Gasteiger partial charge in [-0.15, -0.1) is 0 Å². The van der Waals surface area contributed by atoms with Crippen LogP contribution < -0.4 is 0 Å². The Labute approximate surface area is 97.7 Å². The first kappa shape index (κ1) is 11.2. The summed E-state index contributed by atoms with van der Waals surface area (Å²) in [7, 11) is 3.77. The average Bonchev–Trinajstić information content (AvgIpc) is 2.15. The molecule has 0 unspecified atom stereocenters. The van der Waals surface area contributed by atoms with E-state index in [1.165, 1.54) is 0 Å². The molecule has 1 aromatic rings. The van der Waals surface area contributed by atoms with E-state index in [4.69, 9.17) is 0 Å². The van der Waals surface area contributed by atoms with Gasteiger partial charge in [0, 0.05) is 35.5 Å². The van der Waals surface area contributed by atoms with Crippen LogP contribution in [0.5, 0.6) is 0 Å². The molecule has 1 aromatic carbocycles. The van der Waals surface area contributed by atoms with Gasteiger partial charge < -0.3 is 4.90 Å². The van der Waals surface area contributed by atoms with E-state index in [1.54, 1.807) is 12.3 Å². The Kier molecular flexibility index (Phi) is 4.13. The Morgan fingerprint density at radius 1 is 1.29 bits per heavy atom. The molecule has 0 saturated heterocycles. The Morgan fingerprint density at radius 2 is 1.86 bits per heavy atom. The molecule has 0 aliphatic heterocycles. The van der Waals surface area contributed by atoms with Crippen LogP contribution in [0.4, 0.5) is 0 Å². The summed E-state index contributed by atoms with van der Waals surface area (Å²) in [5.41, 5.74) is 0.725. The molecule has 14 heavy (non-hydrogen) atoms. The van der Waals surface area contributed by atoms with Gasteiger partial charge in [0.15, 0.2) is 5.78 Å². The first-order valence-electron chi connectivity index (χ1n) is 4.24. The van der Waals surface area contributed by atoms with E-state index < -0.39 is 0 Å². The predicted molar refractivity (Wildman–Crippen MR) is 66.3 cm³/mol. The van der Waals surface area contributed by atoms with Gasteiger partial charge >= 0.3 is 0 Å². The number of nitrogens with zero attached hydrogens (tertiary/aromatic N) is 1. The van der Waals surface area contributed by atoms with Gasteiger partial charge in [-0.1, -0.05) is 12.1 Å². The largest absolute Gasteiger partial charge is 0.383 e. The van der Waals surface area contributed by atoms with E-state index in [-0.39, 0.29) is 5.78 Å². The molecule has 0 fully saturated rings. The zero-order valence-electron chi connectivity index (χ0n) is 8.20. The third-order valence-electron chi connectivity index (χ3n) is 1.65. The second-order valence-electron chi connectivity index (χ2n) is 3.15. The van der Waals surface area contributed by atoms with Gasteiger partial charge in [-0.05, 0) is 34.7 Å². The molecule has 0 aliphatic carbocycles. The molecule has 0 atom stereocenters. The highest BCUT2D eigenvalue weighted by Gasteiger charge is 2.00. The maximum Gasteiger partial charge on any atom is 0.187 e. The summed E-state index contributed by atoms with van der Waals surface area (Å²) < 4.78 is 1.13. The molecule has 0 saturated carbocycles. The third-order valence-corrected chi connectivity index (χ3v) is 2.37. The molecular weight excluding hydrogens is 289 g/mol. The van der Waals surface area contributed by atoms with E-state index in [0.29, 0.717) is 0 Å². The van der Waals surface area contributed by atoms with E-state index in [9.17, 15) is 4.79 Å². The van der Waals surface area contributed by atoms with Crippen molar-refractivity contribution in [1.29, 1.82) is 0 Å². The van der Waals surface area contributed by atoms with Crippen LogP contribution in [0.2, 0.25) is 0 Å². The Balaban J connectivity index is 2.75. The van der Waals surface area contributed by atoms with Crippen molar-refractivity contribution in [3.63, 3.8) is 0 Å². The minimum absolute atomic E-state index is 0.0371. The molecule has 0 radical (unpaired) electrons. The highest BCUT2D eigenvalue weighted by atomic mass is 127. The molecule has 0 amide bonds. The standard InChI is InChI=1S/C11H12INO/c1-13(2)8-7-11(14)9-3-5-10(12)6-4-9/h3-8H,1-2H3/b8-7+. The number of rotatable bonds is 3. The molecular formula is C11H12INO. The van der Waals surface area contributed by atoms with Crippen molar-refractivity contribution in [3.05, 3.63) is 45.7 Å². The lowest BCUT2D eigenvalue weighted by molar-refractivity contribution is 0.104. The summed E-state index contributed by atoms with van der Waals surface area (Å²) >= 11 is 2.21. The molecule has 1 rings (SSSR count). The zero-order valence-corrected chi connectivity index (χ0v) is 10.4. The lowest BCUT2D eigenvalue weighted by Crippen LogP contribution is -2.03. The van der Waals surface area contributed by atoms with Gasteiger partial charge in [-0.25, -0.2) is 0 Å². The van der Waals surface area contributed by atoms with Gasteiger partial charge in [-0.2, -0.15) is 0 Å². The van der Waals surface area contributed by atoms with Crippen molar-refractivity contribution in [3.8, 4) is 0 Å². The number of ketones is 1. The molecule has 3 heteroatoms. The lowest BCUT2D eigenvalue weighted by atomic mass is 10.1. The number of benzene rings is 1. The zero-order chi connectivity index (χ0) is 10.6. The quantitative estimate of drug-likeness (QED) is 0.486. The molecule has 2 nitrogen and oxygen atoms in total. The highest BCUT2D eigenvalue weighted by molar-refractivity contribution is 14.1. The van der Waals surface area contributed by atoms with Gasteiger partial charge in [0.2, 0.25) is 0 Å². The second-order valence-corrected chi connectivity index (χ2v) is 4.40. The molecule has 0 N–H and O–H groups in total. The molecule has 0 aliphatic rings. The minimum atomic E-state index is 0.0371. The normalized spacial score (nSPS) is 10.5. The summed E-state index contributed by atoms with van der Waals surface area (Å²) in [6.45, 7) is 0. The van der Waals surface area contributed by atoms with E-state index in [2.05, 4.69) is 22.6 Å². The van der Waals surface area contributed by atoms with Crippen molar-refractivity contribution in [1.82, 2.24) is 4.90 Å². The fraction of sp³-hybridized carbons (Fsp3) is 0.182. The molecule has 74 valence electrons. The van der Waals surface area contributed by atoms with Gasteiger partial charge in [0.1, 0.15) is 0 Å². The van der Waals surface area contributed by atoms with E-state index >= 15 is 0 Å². The van der Waals surface area contributed by atoms with Gasteiger partial charge in [0.05, 0.1) is 0 Å². The van der Waals surface area contributed by atoms with Crippen molar-refractivity contribution < 1.29 is 4.79 Å². The van der Waals surface area contributed by atoms with Gasteiger partial charge in [-0.3, -0.25) is 4.79 Å². The SMILES string of the molecule is CN(C)/C=C/C(=O)c1ccc(I)cc1. The number of allylic oxidation sites excluding steroid dienone is 1. The van der Waals surface area contributed by atoms with E-state index in [0.717, 1.165) is 9.13 Å². The van der Waals surface area contributed by atoms with Crippen LogP contribution >= 0.6 is 22.6 Å². The Morgan fingerprint density at radius 3 is 2.36 bits per heavy atom. The van der Waals surface area contributed by atoms with Crippen molar-refractivity contribution in [2.75, 3.05) is 14.1 Å². The van der Waals surface area contributed by atoms with Crippen molar-refractivity contribution in [2.24, 2.45) is 0 Å². The first-order chi connectivity index (χ1) is 6.59. The Bertz CT molecular complexity index is 341. The van der Waals surface area contributed by atoms with Crippen molar-refractivity contribution in [2.45, 2.75) is 0 Å². The summed E-state index contributed by atoms with van der Waals surface area (Å²) in [6, 6.07) is 7.53. The average molecular weight is 301 g/mol. The number of hydrogen-bond acceptors (Lipinski definition) is 2. The van der Waals surface area contributed by atoms with Crippen LogP contribution in [0.3, 0.4) is 0 Å². The van der Waals surface area contributed by atoms with Crippen LogP contribution in [-0.2, 0) is 0 Å². The minimum Gasteiger partial charge on any atom is -0.383 e. The van der Waals surface area contributed by atoms with Crippen LogP contribution in [0.25, 0.3) is 0 Å². The van der Waals surface area contributed by atoms with Crippen LogP contribution in [0.15, 0.2) is 36.5 Å². The molecule has 0 aromatic heterocycles. The number of halogens is 1. The lowest BCUT2D eigenvalue weighted by Gasteiger charge is -2.02. The first-order valence-corrected chi connectivity index (χ1v) is 5.32. The maximum absolute atomic E-state index is 11.5. The number of carbonyl (C=O) groups is 1. The summed E-state index contributed by atoms with van der Waals surface area (Å²) in [4.78, 5) is 13.4. The molecule has 0 heterocycles. The second kappa shape index (κ2) is 5.14. The molecule has 0 bridgehead atoms. The number of hydrogen-bond donors (Lipinski definition) is 0. The smallest absolute Gasteiger partial charge is 0.187 e. The number of carbonyl (C=O) groups excluding carboxylic acids is 1. The van der Waals surface area contributed by atoms with Crippen LogP contribution in [0.1, 0.15) is 10.4 Å². The van der Waals surface area contributed by atoms with Crippen LogP contribution in [0, 0.1) is 3.57 Å².